The van der Waals surface area contributed by atoms with Crippen molar-refractivity contribution in [3.8, 4) is 0 Å². The third-order valence-corrected chi connectivity index (χ3v) is 24.1. The monoisotopic (exact) mass is 1800 g/mol. The highest BCUT2D eigenvalue weighted by molar-refractivity contribution is 5.61. The molecule has 0 aliphatic rings. The molecule has 0 amide bonds. The molecule has 698 valence electrons. The van der Waals surface area contributed by atoms with Gasteiger partial charge < -0.3 is 91.7 Å². The summed E-state index contributed by atoms with van der Waals surface area (Å²) in [6.45, 7) is 26.8. The van der Waals surface area contributed by atoms with E-state index >= 15 is 0 Å². The van der Waals surface area contributed by atoms with Crippen LogP contribution in [0.2, 0.25) is 0 Å². The summed E-state index contributed by atoms with van der Waals surface area (Å²) in [5.74, 6) is 0. The van der Waals surface area contributed by atoms with Crippen LogP contribution in [0.15, 0.2) is 309 Å². The van der Waals surface area contributed by atoms with Gasteiger partial charge in [0.15, 0.2) is 0 Å². The summed E-state index contributed by atoms with van der Waals surface area (Å²) < 4.78 is 0. The maximum absolute atomic E-state index is 6.00. The molecule has 16 nitrogen and oxygen atoms in total. The van der Waals surface area contributed by atoms with E-state index in [1.165, 1.54) is 106 Å². The highest BCUT2D eigenvalue weighted by Crippen LogP contribution is 2.29. The van der Waals surface area contributed by atoms with Gasteiger partial charge in [-0.2, -0.15) is 0 Å². The van der Waals surface area contributed by atoms with E-state index in [-0.39, 0.29) is 0 Å². The maximum atomic E-state index is 6.00. The molecule has 0 fully saturated rings. The van der Waals surface area contributed by atoms with Gasteiger partial charge in [-0.25, -0.2) is 0 Å². The summed E-state index contributed by atoms with van der Waals surface area (Å²) in [6, 6.07) is 104. The van der Waals surface area contributed by atoms with Gasteiger partial charge in [-0.05, 0) is 449 Å². The van der Waals surface area contributed by atoms with Crippen molar-refractivity contribution in [1.82, 2.24) is 0 Å². The molecule has 0 aliphatic carbocycles. The molecular weight excluding hydrogens is 1650 g/mol. The van der Waals surface area contributed by atoms with Crippen LogP contribution >= 0.6 is 0 Å². The number of nitrogens with two attached hydrogens (primary N) is 16. The minimum atomic E-state index is 0.798. The zero-order chi connectivity index (χ0) is 98.1. The molecule has 0 radical (unpaired) electrons. The lowest BCUT2D eigenvalue weighted by Gasteiger charge is -2.11. The van der Waals surface area contributed by atoms with Crippen molar-refractivity contribution >= 4 is 91.0 Å². The van der Waals surface area contributed by atoms with Gasteiger partial charge in [-0.3, -0.25) is 0 Å². The largest absolute Gasteiger partial charge is 0.399 e. The SMILES string of the molecule is Cc1cc(CCc2ccc(N)c(C)c2)ccc1N.Cc1cc(CCc2ccc(N)cc2C)ccc1N.Cc1cc(Cc2cc(C)c(N)c(C)c2)cc(C)c1N.Cc1cc(Cc2ccc(N)c(C)c2)ccc1N.Cc1cc(N)ccc1Cc1ccc(N)cc1C.Cc1ccc(Cc2cccc(N)c2)cc1N.Nc1ccc(Cc2ccc(N)cc2)cc1.Nc1ccc(Cc2cccc(N)c2)cc1. The molecule has 16 rings (SSSR count). The molecule has 0 aromatic heterocycles. The van der Waals surface area contributed by atoms with Gasteiger partial charge in [0.2, 0.25) is 0 Å². The van der Waals surface area contributed by atoms with E-state index in [0.29, 0.717) is 0 Å². The predicted molar refractivity (Wildman–Crippen MR) is 587 cm³/mol. The fourth-order valence-electron chi connectivity index (χ4n) is 15.6. The zero-order valence-electron chi connectivity index (χ0n) is 81.3. The van der Waals surface area contributed by atoms with Crippen LogP contribution in [0.1, 0.15) is 161 Å². The first-order valence-electron chi connectivity index (χ1n) is 45.8. The Hall–Kier alpha value is -15.7. The molecule has 0 spiro atoms. The van der Waals surface area contributed by atoms with Crippen molar-refractivity contribution in [3.05, 3.63) is 471 Å². The zero-order valence-corrected chi connectivity index (χ0v) is 81.3. The Bertz CT molecular complexity index is 6300. The minimum Gasteiger partial charge on any atom is -0.399 e. The van der Waals surface area contributed by atoms with E-state index in [4.69, 9.17) is 91.7 Å². The van der Waals surface area contributed by atoms with E-state index in [2.05, 4.69) is 176 Å². The van der Waals surface area contributed by atoms with Crippen LogP contribution in [-0.2, 0) is 64.2 Å². The van der Waals surface area contributed by atoms with Gasteiger partial charge in [0.05, 0.1) is 0 Å². The number of benzene rings is 16. The normalized spacial score (nSPS) is 10.4. The second kappa shape index (κ2) is 50.1. The molecule has 0 saturated heterocycles. The Labute approximate surface area is 802 Å². The van der Waals surface area contributed by atoms with Gasteiger partial charge in [0, 0.05) is 91.0 Å². The number of hydrogen-bond donors (Lipinski definition) is 16. The molecule has 32 N–H and O–H groups in total. The second-order valence-corrected chi connectivity index (χ2v) is 35.8. The Morgan fingerprint density at radius 1 is 0.133 bits per heavy atom. The number of nitrogen functional groups attached to an aromatic ring is 16. The first kappa shape index (κ1) is 103. The summed E-state index contributed by atoms with van der Waals surface area (Å²) in [6.07, 6.45) is 9.59. The molecule has 16 aromatic rings. The number of aryl methyl sites for hydroxylation is 17. The molecule has 16 aromatic carbocycles. The summed E-state index contributed by atoms with van der Waals surface area (Å²) in [4.78, 5) is 0. The quantitative estimate of drug-likeness (QED) is 0.0355. The average Bonchev–Trinajstić information content (AvgIpc) is 0.827. The Kier molecular flexibility index (Phi) is 38.2. The molecular formula is C119H142N16. The molecule has 16 heteroatoms. The van der Waals surface area contributed by atoms with Crippen LogP contribution in [0.5, 0.6) is 0 Å². The van der Waals surface area contributed by atoms with E-state index < -0.39 is 0 Å². The smallest absolute Gasteiger partial charge is 0.0373 e. The highest BCUT2D eigenvalue weighted by atomic mass is 14.6. The summed E-state index contributed by atoms with van der Waals surface area (Å²) >= 11 is 0. The first-order chi connectivity index (χ1) is 64.2. The lowest BCUT2D eigenvalue weighted by atomic mass is 9.96. The number of hydrogen-bond acceptors (Lipinski definition) is 16. The van der Waals surface area contributed by atoms with Crippen molar-refractivity contribution in [1.29, 1.82) is 0 Å². The van der Waals surface area contributed by atoms with Crippen LogP contribution in [0.25, 0.3) is 0 Å². The molecule has 0 saturated carbocycles. The summed E-state index contributed by atoms with van der Waals surface area (Å²) in [5.41, 5.74) is 142. The highest BCUT2D eigenvalue weighted by Gasteiger charge is 2.12. The van der Waals surface area contributed by atoms with Gasteiger partial charge in [0.1, 0.15) is 0 Å². The lowest BCUT2D eigenvalue weighted by molar-refractivity contribution is 0.948. The molecule has 0 bridgehead atoms. The second-order valence-electron chi connectivity index (χ2n) is 35.8. The maximum Gasteiger partial charge on any atom is 0.0373 e. The standard InChI is InChI=1S/C17H22N2.2C16H20N2.2C15H18N2.C14H16N2.2C13H14N2/c1-10-5-14(6-11(2)16(10)18)9-15-7-12(3)17(19)13(4)8-15;1-11-10-15(17)7-6-14(11)5-3-13-4-8-16(18)12(2)9-13;1-11-9-13(5-7-15(11)17)3-4-14-6-8-16(18)12(2)10-14;1-10-7-14(16)5-3-12(10)9-13-4-6-15(17)8-11(13)2;1-10-7-12(3-5-14(10)16)9-13-4-6-15(17)11(2)8-13;1-10-5-6-12(9-14(10)16)7-11-3-2-4-13(15)8-11;14-12-5-1-10(2-6-12)9-11-3-7-13(15)8-4-11;14-12-6-4-10(5-7-12)8-11-2-1-3-13(15)9-11/h5-8H,9,18-19H2,1-4H3;4,6-10H,3,5,17-18H2,1-2H3;5-10H,3-4,17-18H2,1-2H3;2*3-8H,9,16-17H2,1-2H3;2-6,8-9H,7,15-16H2,1H3;1-8H,9,14-15H2;1-7,9H,8,14-15H2. The van der Waals surface area contributed by atoms with E-state index in [0.717, 1.165) is 211 Å². The third kappa shape index (κ3) is 33.9. The van der Waals surface area contributed by atoms with E-state index in [1.807, 2.05) is 224 Å². The Balaban J connectivity index is 0.000000173. The summed E-state index contributed by atoms with van der Waals surface area (Å²) in [5, 5.41) is 0. The molecule has 0 unspecified atom stereocenters. The molecule has 0 atom stereocenters. The fraction of sp³-hybridized carbons (Fsp3) is 0.193. The molecule has 0 heterocycles. The Morgan fingerprint density at radius 3 is 0.667 bits per heavy atom. The topological polar surface area (TPSA) is 416 Å². The van der Waals surface area contributed by atoms with Crippen LogP contribution in [0.3, 0.4) is 0 Å². The summed E-state index contributed by atoms with van der Waals surface area (Å²) in [7, 11) is 0. The molecule has 135 heavy (non-hydrogen) atoms. The fourth-order valence-corrected chi connectivity index (χ4v) is 15.6. The van der Waals surface area contributed by atoms with Crippen LogP contribution in [0.4, 0.5) is 91.0 Å². The predicted octanol–water partition coefficient (Wildman–Crippen LogP) is 23.9. The van der Waals surface area contributed by atoms with Gasteiger partial charge in [0.25, 0.3) is 0 Å². The minimum absolute atomic E-state index is 0.798. The number of rotatable bonds is 18. The van der Waals surface area contributed by atoms with E-state index in [1.54, 1.807) is 0 Å². The van der Waals surface area contributed by atoms with Crippen LogP contribution < -0.4 is 91.7 Å². The third-order valence-electron chi connectivity index (χ3n) is 24.1. The number of anilines is 16. The van der Waals surface area contributed by atoms with Crippen molar-refractivity contribution in [2.45, 2.75) is 154 Å². The van der Waals surface area contributed by atoms with Crippen molar-refractivity contribution in [3.63, 3.8) is 0 Å². The lowest BCUT2D eigenvalue weighted by Crippen LogP contribution is -1.99. The van der Waals surface area contributed by atoms with E-state index in [9.17, 15) is 0 Å². The molecule has 0 aliphatic heterocycles. The van der Waals surface area contributed by atoms with Gasteiger partial charge in [-0.15, -0.1) is 0 Å². The van der Waals surface area contributed by atoms with Crippen LogP contribution in [-0.4, -0.2) is 0 Å². The first-order valence-corrected chi connectivity index (χ1v) is 45.8. The average molecular weight is 1800 g/mol. The van der Waals surface area contributed by atoms with Crippen molar-refractivity contribution < 1.29 is 0 Å². The van der Waals surface area contributed by atoms with Gasteiger partial charge in [-0.1, -0.05) is 176 Å². The van der Waals surface area contributed by atoms with Gasteiger partial charge >= 0.3 is 0 Å². The Morgan fingerprint density at radius 2 is 0.363 bits per heavy atom. The van der Waals surface area contributed by atoms with Crippen molar-refractivity contribution in [2.24, 2.45) is 0 Å². The van der Waals surface area contributed by atoms with Crippen LogP contribution in [0, 0.1) is 90.0 Å². The van der Waals surface area contributed by atoms with Crippen molar-refractivity contribution in [2.75, 3.05) is 91.7 Å².